The van der Waals surface area contributed by atoms with Crippen LogP contribution in [0.2, 0.25) is 0 Å². The normalized spacial score (nSPS) is 10.8. The highest BCUT2D eigenvalue weighted by atomic mass is 19.3. The maximum Gasteiger partial charge on any atom is 0.387 e. The summed E-state index contributed by atoms with van der Waals surface area (Å²) in [4.78, 5) is 25.2. The van der Waals surface area contributed by atoms with E-state index in [0.29, 0.717) is 12.3 Å². The van der Waals surface area contributed by atoms with E-state index in [1.807, 2.05) is 0 Å². The fraction of sp³-hybridized carbons (Fsp3) is 0.294. The molecule has 0 unspecified atom stereocenters. The number of alkyl halides is 2. The number of nitrogens with one attached hydrogen (secondary N) is 2. The van der Waals surface area contributed by atoms with E-state index in [1.165, 1.54) is 18.4 Å². The largest absolute Gasteiger partial charge is 0.467 e. The summed E-state index contributed by atoms with van der Waals surface area (Å²) < 4.78 is 33.5. The van der Waals surface area contributed by atoms with Gasteiger partial charge in [0, 0.05) is 6.54 Å². The Kier molecular flexibility index (Phi) is 7.10. The molecule has 140 valence electrons. The van der Waals surface area contributed by atoms with Crippen LogP contribution in [0, 0.1) is 0 Å². The molecule has 0 saturated carbocycles. The van der Waals surface area contributed by atoms with Crippen molar-refractivity contribution in [1.82, 2.24) is 15.5 Å². The molecular formula is C17H19F2N3O4. The molecule has 1 heterocycles. The maximum atomic E-state index is 12.1. The van der Waals surface area contributed by atoms with E-state index in [1.54, 1.807) is 36.2 Å². The number of hydrogen-bond donors (Lipinski definition) is 2. The Morgan fingerprint density at radius 1 is 1.23 bits per heavy atom. The number of urea groups is 1. The minimum Gasteiger partial charge on any atom is -0.467 e. The van der Waals surface area contributed by atoms with Gasteiger partial charge in [-0.3, -0.25) is 15.0 Å². The number of ether oxygens (including phenoxy) is 1. The summed E-state index contributed by atoms with van der Waals surface area (Å²) >= 11 is 0. The predicted molar refractivity (Wildman–Crippen MR) is 88.5 cm³/mol. The van der Waals surface area contributed by atoms with Crippen molar-refractivity contribution in [3.63, 3.8) is 0 Å². The number of furan rings is 1. The lowest BCUT2D eigenvalue weighted by atomic mass is 10.2. The van der Waals surface area contributed by atoms with Gasteiger partial charge in [0.05, 0.1) is 19.4 Å². The average Bonchev–Trinajstić information content (AvgIpc) is 3.07. The average molecular weight is 367 g/mol. The van der Waals surface area contributed by atoms with Crippen LogP contribution in [-0.4, -0.2) is 37.0 Å². The van der Waals surface area contributed by atoms with Crippen LogP contribution in [0.5, 0.6) is 5.75 Å². The Labute approximate surface area is 148 Å². The topological polar surface area (TPSA) is 83.8 Å². The van der Waals surface area contributed by atoms with Crippen LogP contribution in [0.15, 0.2) is 47.1 Å². The maximum absolute atomic E-state index is 12.1. The number of hydrogen-bond acceptors (Lipinski definition) is 5. The third-order valence-corrected chi connectivity index (χ3v) is 3.27. The standard InChI is InChI=1S/C17H19F2N3O4/c1-22(10-12-4-6-13(7-5-12)26-16(18)19)11-15(23)21-17(24)20-9-14-3-2-8-25-14/h2-8,16H,9-11H2,1H3,(H2,20,21,23,24). The summed E-state index contributed by atoms with van der Waals surface area (Å²) in [6, 6.07) is 8.89. The summed E-state index contributed by atoms with van der Waals surface area (Å²) in [7, 11) is 1.70. The van der Waals surface area contributed by atoms with Crippen LogP contribution in [0.4, 0.5) is 13.6 Å². The molecule has 0 aliphatic heterocycles. The van der Waals surface area contributed by atoms with Gasteiger partial charge in [-0.15, -0.1) is 0 Å². The Balaban J connectivity index is 1.71. The number of amides is 3. The molecule has 0 aliphatic rings. The van der Waals surface area contributed by atoms with E-state index in [9.17, 15) is 18.4 Å². The predicted octanol–water partition coefficient (Wildman–Crippen LogP) is 2.34. The minimum absolute atomic E-state index is 0.0105. The van der Waals surface area contributed by atoms with Crippen molar-refractivity contribution >= 4 is 11.9 Å². The molecular weight excluding hydrogens is 348 g/mol. The summed E-state index contributed by atoms with van der Waals surface area (Å²) in [5, 5.41) is 4.72. The van der Waals surface area contributed by atoms with E-state index < -0.39 is 18.5 Å². The van der Waals surface area contributed by atoms with Gasteiger partial charge in [-0.1, -0.05) is 12.1 Å². The van der Waals surface area contributed by atoms with Gasteiger partial charge >= 0.3 is 12.6 Å². The lowest BCUT2D eigenvalue weighted by Gasteiger charge is -2.16. The van der Waals surface area contributed by atoms with Gasteiger partial charge in [0.15, 0.2) is 0 Å². The van der Waals surface area contributed by atoms with Gasteiger partial charge in [-0.25, -0.2) is 4.79 Å². The lowest BCUT2D eigenvalue weighted by Crippen LogP contribution is -2.43. The first kappa shape index (κ1) is 19.4. The van der Waals surface area contributed by atoms with E-state index in [-0.39, 0.29) is 18.8 Å². The van der Waals surface area contributed by atoms with Gasteiger partial charge in [0.2, 0.25) is 5.91 Å². The first-order valence-corrected chi connectivity index (χ1v) is 7.74. The molecule has 1 aromatic carbocycles. The number of rotatable bonds is 8. The molecule has 2 rings (SSSR count). The second-order valence-electron chi connectivity index (χ2n) is 5.50. The van der Waals surface area contributed by atoms with E-state index in [2.05, 4.69) is 15.4 Å². The minimum atomic E-state index is -2.87. The van der Waals surface area contributed by atoms with Crippen molar-refractivity contribution in [3.05, 3.63) is 54.0 Å². The molecule has 0 bridgehead atoms. The number of likely N-dealkylation sites (N-methyl/N-ethyl adjacent to an activating group) is 1. The third-order valence-electron chi connectivity index (χ3n) is 3.27. The highest BCUT2D eigenvalue weighted by molar-refractivity contribution is 5.95. The van der Waals surface area contributed by atoms with Gasteiger partial charge < -0.3 is 14.5 Å². The van der Waals surface area contributed by atoms with Crippen molar-refractivity contribution in [1.29, 1.82) is 0 Å². The van der Waals surface area contributed by atoms with Crippen molar-refractivity contribution in [2.45, 2.75) is 19.7 Å². The lowest BCUT2D eigenvalue weighted by molar-refractivity contribution is -0.121. The third kappa shape index (κ3) is 6.89. The molecule has 9 heteroatoms. The molecule has 2 N–H and O–H groups in total. The fourth-order valence-electron chi connectivity index (χ4n) is 2.18. The fourth-order valence-corrected chi connectivity index (χ4v) is 2.18. The van der Waals surface area contributed by atoms with E-state index >= 15 is 0 Å². The smallest absolute Gasteiger partial charge is 0.387 e. The SMILES string of the molecule is CN(CC(=O)NC(=O)NCc1ccco1)Cc1ccc(OC(F)F)cc1. The number of imide groups is 1. The van der Waals surface area contributed by atoms with Gasteiger partial charge in [0.25, 0.3) is 0 Å². The molecule has 3 amide bonds. The molecule has 2 aromatic rings. The number of nitrogens with zero attached hydrogens (tertiary/aromatic N) is 1. The van der Waals surface area contributed by atoms with Gasteiger partial charge in [-0.05, 0) is 36.9 Å². The Hall–Kier alpha value is -2.94. The number of halogens is 2. The number of benzene rings is 1. The molecule has 26 heavy (non-hydrogen) atoms. The second kappa shape index (κ2) is 9.52. The molecule has 0 spiro atoms. The summed E-state index contributed by atoms with van der Waals surface area (Å²) in [5.41, 5.74) is 0.809. The van der Waals surface area contributed by atoms with Crippen LogP contribution >= 0.6 is 0 Å². The van der Waals surface area contributed by atoms with Crippen LogP contribution in [-0.2, 0) is 17.9 Å². The monoisotopic (exact) mass is 367 g/mol. The van der Waals surface area contributed by atoms with Crippen molar-refractivity contribution in [3.8, 4) is 5.75 Å². The van der Waals surface area contributed by atoms with Gasteiger partial charge in [0.1, 0.15) is 11.5 Å². The van der Waals surface area contributed by atoms with Crippen LogP contribution in [0.1, 0.15) is 11.3 Å². The molecule has 0 atom stereocenters. The van der Waals surface area contributed by atoms with Crippen LogP contribution in [0.25, 0.3) is 0 Å². The second-order valence-corrected chi connectivity index (χ2v) is 5.50. The molecule has 1 aromatic heterocycles. The molecule has 0 radical (unpaired) electrons. The van der Waals surface area contributed by atoms with E-state index in [4.69, 9.17) is 4.42 Å². The zero-order valence-corrected chi connectivity index (χ0v) is 14.1. The summed E-state index contributed by atoms with van der Waals surface area (Å²) in [5.74, 6) is 0.170. The first-order valence-electron chi connectivity index (χ1n) is 7.74. The quantitative estimate of drug-likeness (QED) is 0.748. The van der Waals surface area contributed by atoms with Gasteiger partial charge in [-0.2, -0.15) is 8.78 Å². The van der Waals surface area contributed by atoms with Crippen molar-refractivity contribution in [2.24, 2.45) is 0 Å². The number of carbonyl (C=O) groups excluding carboxylic acids is 2. The first-order chi connectivity index (χ1) is 12.4. The molecule has 0 saturated heterocycles. The molecule has 0 fully saturated rings. The summed E-state index contributed by atoms with van der Waals surface area (Å²) in [6.07, 6.45) is 1.49. The number of carbonyl (C=O) groups is 2. The Morgan fingerprint density at radius 2 is 1.96 bits per heavy atom. The van der Waals surface area contributed by atoms with Crippen LogP contribution < -0.4 is 15.4 Å². The Morgan fingerprint density at radius 3 is 2.58 bits per heavy atom. The zero-order valence-electron chi connectivity index (χ0n) is 14.1. The highest BCUT2D eigenvalue weighted by Crippen LogP contribution is 2.15. The van der Waals surface area contributed by atoms with Crippen LogP contribution in [0.3, 0.4) is 0 Å². The van der Waals surface area contributed by atoms with Crippen molar-refractivity contribution in [2.75, 3.05) is 13.6 Å². The zero-order chi connectivity index (χ0) is 18.9. The molecule has 7 nitrogen and oxygen atoms in total. The van der Waals surface area contributed by atoms with Crippen molar-refractivity contribution < 1.29 is 27.5 Å². The molecule has 0 aliphatic carbocycles. The highest BCUT2D eigenvalue weighted by Gasteiger charge is 2.11. The Bertz CT molecular complexity index is 705. The summed E-state index contributed by atoms with van der Waals surface area (Å²) in [6.45, 7) is -2.30. The van der Waals surface area contributed by atoms with E-state index in [0.717, 1.165) is 5.56 Å².